The number of carbonyl (C=O) groups is 3. The van der Waals surface area contributed by atoms with E-state index in [-0.39, 0.29) is 28.7 Å². The van der Waals surface area contributed by atoms with E-state index in [1.165, 1.54) is 17.2 Å². The van der Waals surface area contributed by atoms with Crippen LogP contribution in [0, 0.1) is 0 Å². The van der Waals surface area contributed by atoms with Crippen LogP contribution in [-0.2, 0) is 4.79 Å². The molecule has 10 heteroatoms. The predicted molar refractivity (Wildman–Crippen MR) is 99.7 cm³/mol. The minimum atomic E-state index is -0.592. The van der Waals surface area contributed by atoms with Crippen LogP contribution in [-0.4, -0.2) is 52.6 Å². The van der Waals surface area contributed by atoms with Gasteiger partial charge in [0.25, 0.3) is 17.7 Å². The Bertz CT molecular complexity index is 965. The lowest BCUT2D eigenvalue weighted by atomic mass is 10.2. The van der Waals surface area contributed by atoms with E-state index in [2.05, 4.69) is 25.8 Å². The highest BCUT2D eigenvalue weighted by Crippen LogP contribution is 2.17. The molecule has 0 bridgehead atoms. The SMILES string of the molecule is CN1CC=NC=C(NC(=O)c2cc(NC(=O)c3ccccc3Cl)n[nH]2)C1=O. The fourth-order valence-electron chi connectivity index (χ4n) is 2.25. The van der Waals surface area contributed by atoms with Crippen LogP contribution in [0.1, 0.15) is 20.8 Å². The van der Waals surface area contributed by atoms with E-state index >= 15 is 0 Å². The Kier molecular flexibility index (Phi) is 5.32. The number of likely N-dealkylation sites (N-methyl/N-ethyl adjacent to an activating group) is 1. The molecule has 0 atom stereocenters. The highest BCUT2D eigenvalue weighted by molar-refractivity contribution is 6.34. The number of nitrogens with zero attached hydrogens (tertiary/aromatic N) is 3. The lowest BCUT2D eigenvalue weighted by molar-refractivity contribution is -0.125. The first-order chi connectivity index (χ1) is 13.0. The van der Waals surface area contributed by atoms with Gasteiger partial charge in [-0.25, -0.2) is 0 Å². The van der Waals surface area contributed by atoms with Crippen LogP contribution in [0.4, 0.5) is 5.82 Å². The molecular weight excluding hydrogens is 372 g/mol. The summed E-state index contributed by atoms with van der Waals surface area (Å²) in [6.45, 7) is 0.344. The molecule has 3 amide bonds. The average Bonchev–Trinajstić information content (AvgIpc) is 3.06. The number of aromatic amines is 1. The fourth-order valence-corrected chi connectivity index (χ4v) is 2.47. The molecule has 2 aromatic rings. The van der Waals surface area contributed by atoms with Crippen molar-refractivity contribution >= 4 is 41.4 Å². The summed E-state index contributed by atoms with van der Waals surface area (Å²) in [5.41, 5.74) is 0.379. The summed E-state index contributed by atoms with van der Waals surface area (Å²) in [5.74, 6) is -1.28. The molecule has 0 fully saturated rings. The summed E-state index contributed by atoms with van der Waals surface area (Å²) >= 11 is 5.98. The van der Waals surface area contributed by atoms with Crippen LogP contribution in [0.3, 0.4) is 0 Å². The van der Waals surface area contributed by atoms with Gasteiger partial charge >= 0.3 is 0 Å². The smallest absolute Gasteiger partial charge is 0.273 e. The van der Waals surface area contributed by atoms with Gasteiger partial charge in [-0.15, -0.1) is 0 Å². The van der Waals surface area contributed by atoms with Gasteiger partial charge in [-0.3, -0.25) is 24.5 Å². The van der Waals surface area contributed by atoms with E-state index in [0.717, 1.165) is 0 Å². The van der Waals surface area contributed by atoms with Crippen LogP contribution in [0.25, 0.3) is 0 Å². The highest BCUT2D eigenvalue weighted by atomic mass is 35.5. The second-order valence-corrected chi connectivity index (χ2v) is 6.02. The first-order valence-corrected chi connectivity index (χ1v) is 8.23. The number of anilines is 1. The Morgan fingerprint density at radius 1 is 1.22 bits per heavy atom. The lowest BCUT2D eigenvalue weighted by Gasteiger charge is -2.14. The van der Waals surface area contributed by atoms with Gasteiger partial charge in [0, 0.05) is 19.3 Å². The summed E-state index contributed by atoms with van der Waals surface area (Å²) < 4.78 is 0. The third-order valence-corrected chi connectivity index (χ3v) is 4.00. The molecule has 3 rings (SSSR count). The van der Waals surface area contributed by atoms with E-state index in [9.17, 15) is 14.4 Å². The molecule has 2 heterocycles. The largest absolute Gasteiger partial charge is 0.335 e. The van der Waals surface area contributed by atoms with E-state index in [4.69, 9.17) is 11.6 Å². The Morgan fingerprint density at radius 2 is 2.00 bits per heavy atom. The molecule has 1 aliphatic rings. The third-order valence-electron chi connectivity index (χ3n) is 3.67. The maximum absolute atomic E-state index is 12.3. The molecule has 138 valence electrons. The number of nitrogens with one attached hydrogen (secondary N) is 3. The van der Waals surface area contributed by atoms with Crippen LogP contribution >= 0.6 is 11.6 Å². The van der Waals surface area contributed by atoms with Crippen molar-refractivity contribution in [2.45, 2.75) is 0 Å². The number of hydrogen-bond donors (Lipinski definition) is 3. The zero-order chi connectivity index (χ0) is 19.4. The molecule has 0 spiro atoms. The molecule has 0 saturated carbocycles. The number of benzene rings is 1. The summed E-state index contributed by atoms with van der Waals surface area (Å²) in [5, 5.41) is 11.7. The molecule has 1 aromatic carbocycles. The van der Waals surface area contributed by atoms with Crippen molar-refractivity contribution in [2.24, 2.45) is 4.99 Å². The van der Waals surface area contributed by atoms with Gasteiger partial charge in [-0.2, -0.15) is 5.10 Å². The standard InChI is InChI=1S/C17H15ClN6O3/c1-24-7-6-19-9-13(17(24)27)20-16(26)12-8-14(23-22-12)21-15(25)10-4-2-3-5-11(10)18/h2-6,8-9H,7H2,1H3,(H,20,26)(H2,21,22,23,25). The number of rotatable bonds is 4. The van der Waals surface area contributed by atoms with Crippen LogP contribution in [0.2, 0.25) is 5.02 Å². The van der Waals surface area contributed by atoms with Crippen molar-refractivity contribution in [3.05, 3.63) is 58.5 Å². The van der Waals surface area contributed by atoms with Gasteiger partial charge in [-0.05, 0) is 12.1 Å². The quantitative estimate of drug-likeness (QED) is 0.736. The normalized spacial score (nSPS) is 13.8. The predicted octanol–water partition coefficient (Wildman–Crippen LogP) is 1.43. The monoisotopic (exact) mass is 386 g/mol. The summed E-state index contributed by atoms with van der Waals surface area (Å²) in [6, 6.07) is 7.90. The van der Waals surface area contributed by atoms with Crippen LogP contribution in [0.5, 0.6) is 0 Å². The number of aliphatic imine (C=N–C) groups is 1. The fraction of sp³-hybridized carbons (Fsp3) is 0.118. The molecular formula is C17H15ClN6O3. The summed E-state index contributed by atoms with van der Waals surface area (Å²) in [7, 11) is 1.60. The third kappa shape index (κ3) is 4.21. The lowest BCUT2D eigenvalue weighted by Crippen LogP contribution is -2.36. The molecule has 1 aliphatic heterocycles. The van der Waals surface area contributed by atoms with Crippen molar-refractivity contribution < 1.29 is 14.4 Å². The van der Waals surface area contributed by atoms with Crippen molar-refractivity contribution in [1.29, 1.82) is 0 Å². The first-order valence-electron chi connectivity index (χ1n) is 7.85. The molecule has 0 aliphatic carbocycles. The average molecular weight is 387 g/mol. The molecule has 3 N–H and O–H groups in total. The van der Waals surface area contributed by atoms with Crippen LogP contribution < -0.4 is 10.6 Å². The van der Waals surface area contributed by atoms with Crippen LogP contribution in [0.15, 0.2) is 47.2 Å². The highest BCUT2D eigenvalue weighted by Gasteiger charge is 2.20. The van der Waals surface area contributed by atoms with Gasteiger partial charge < -0.3 is 15.5 Å². The van der Waals surface area contributed by atoms with Gasteiger partial charge in [0.1, 0.15) is 11.4 Å². The van der Waals surface area contributed by atoms with E-state index in [0.29, 0.717) is 11.6 Å². The number of aromatic nitrogens is 2. The maximum atomic E-state index is 12.3. The number of hydrogen-bond acceptors (Lipinski definition) is 5. The zero-order valence-electron chi connectivity index (χ0n) is 14.2. The summed E-state index contributed by atoms with van der Waals surface area (Å²) in [4.78, 5) is 42.0. The molecule has 0 unspecified atom stereocenters. The van der Waals surface area contributed by atoms with Crippen molar-refractivity contribution in [1.82, 2.24) is 20.4 Å². The van der Waals surface area contributed by atoms with Crippen molar-refractivity contribution in [3.8, 4) is 0 Å². The Morgan fingerprint density at radius 3 is 2.78 bits per heavy atom. The second kappa shape index (κ2) is 7.83. The number of halogens is 1. The number of amides is 3. The van der Waals surface area contributed by atoms with E-state index in [1.807, 2.05) is 0 Å². The first kappa shape index (κ1) is 18.3. The van der Waals surface area contributed by atoms with Gasteiger partial charge in [0.2, 0.25) is 0 Å². The van der Waals surface area contributed by atoms with Gasteiger partial charge in [0.05, 0.1) is 23.3 Å². The number of carbonyl (C=O) groups excluding carboxylic acids is 3. The molecule has 9 nitrogen and oxygen atoms in total. The summed E-state index contributed by atoms with van der Waals surface area (Å²) in [6.07, 6.45) is 2.83. The van der Waals surface area contributed by atoms with E-state index < -0.39 is 11.8 Å². The van der Waals surface area contributed by atoms with Gasteiger partial charge in [0.15, 0.2) is 5.82 Å². The Labute approximate surface area is 159 Å². The zero-order valence-corrected chi connectivity index (χ0v) is 14.9. The molecule has 27 heavy (non-hydrogen) atoms. The second-order valence-electron chi connectivity index (χ2n) is 5.62. The Hall–Kier alpha value is -3.46. The molecule has 0 radical (unpaired) electrons. The minimum absolute atomic E-state index is 0.0347. The minimum Gasteiger partial charge on any atom is -0.335 e. The van der Waals surface area contributed by atoms with E-state index in [1.54, 1.807) is 37.5 Å². The van der Waals surface area contributed by atoms with Crippen molar-refractivity contribution in [2.75, 3.05) is 18.9 Å². The molecule has 0 saturated heterocycles. The molecule has 1 aromatic heterocycles. The van der Waals surface area contributed by atoms with Gasteiger partial charge in [-0.1, -0.05) is 23.7 Å². The Balaban J connectivity index is 1.68. The maximum Gasteiger partial charge on any atom is 0.273 e. The van der Waals surface area contributed by atoms with Crippen molar-refractivity contribution in [3.63, 3.8) is 0 Å². The topological polar surface area (TPSA) is 120 Å². The number of H-pyrrole nitrogens is 1.